The van der Waals surface area contributed by atoms with Gasteiger partial charge in [0.2, 0.25) is 0 Å². The lowest BCUT2D eigenvalue weighted by Crippen LogP contribution is -2.09. The maximum Gasteiger partial charge on any atom is 0.331 e. The second-order valence-corrected chi connectivity index (χ2v) is 6.85. The SMILES string of the molecule is CCCCn1nnnc1COC(=O)/C=C/c1sc2ccccc2c1Cl. The van der Waals surface area contributed by atoms with Gasteiger partial charge in [0.1, 0.15) is 0 Å². The van der Waals surface area contributed by atoms with E-state index in [1.165, 1.54) is 17.4 Å². The summed E-state index contributed by atoms with van der Waals surface area (Å²) in [4.78, 5) is 12.8. The first-order valence-electron chi connectivity index (χ1n) is 7.96. The molecular formula is C17H17ClN4O2S. The summed E-state index contributed by atoms with van der Waals surface area (Å²) in [6.07, 6.45) is 5.06. The van der Waals surface area contributed by atoms with Gasteiger partial charge in [-0.3, -0.25) is 0 Å². The van der Waals surface area contributed by atoms with Crippen molar-refractivity contribution in [1.29, 1.82) is 0 Å². The predicted molar refractivity (Wildman–Crippen MR) is 98.4 cm³/mol. The highest BCUT2D eigenvalue weighted by Crippen LogP contribution is 2.35. The Bertz CT molecular complexity index is 903. The number of nitrogens with zero attached hydrogens (tertiary/aromatic N) is 4. The fourth-order valence-electron chi connectivity index (χ4n) is 2.28. The van der Waals surface area contributed by atoms with Gasteiger partial charge in [0.05, 0.1) is 5.02 Å². The second kappa shape index (κ2) is 8.22. The van der Waals surface area contributed by atoms with Gasteiger partial charge in [-0.1, -0.05) is 43.1 Å². The lowest BCUT2D eigenvalue weighted by molar-refractivity contribution is -0.139. The van der Waals surface area contributed by atoms with Crippen LogP contribution in [-0.2, 0) is 22.7 Å². The average molecular weight is 377 g/mol. The summed E-state index contributed by atoms with van der Waals surface area (Å²) in [6.45, 7) is 2.84. The molecular weight excluding hydrogens is 360 g/mol. The molecule has 0 saturated carbocycles. The number of ether oxygens (including phenoxy) is 1. The van der Waals surface area contributed by atoms with Gasteiger partial charge in [-0.15, -0.1) is 16.4 Å². The molecule has 130 valence electrons. The van der Waals surface area contributed by atoms with Gasteiger partial charge in [-0.2, -0.15) is 0 Å². The fraction of sp³-hybridized carbons (Fsp3) is 0.294. The molecule has 0 radical (unpaired) electrons. The number of rotatable bonds is 7. The van der Waals surface area contributed by atoms with Crippen molar-refractivity contribution < 1.29 is 9.53 Å². The summed E-state index contributed by atoms with van der Waals surface area (Å²) < 4.78 is 7.95. The minimum atomic E-state index is -0.460. The molecule has 3 aromatic rings. The largest absolute Gasteiger partial charge is 0.454 e. The molecule has 0 amide bonds. The molecule has 0 bridgehead atoms. The highest BCUT2D eigenvalue weighted by Gasteiger charge is 2.10. The van der Waals surface area contributed by atoms with Crippen LogP contribution in [0.25, 0.3) is 16.2 Å². The molecule has 0 aliphatic rings. The molecule has 25 heavy (non-hydrogen) atoms. The Morgan fingerprint density at radius 2 is 2.24 bits per heavy atom. The van der Waals surface area contributed by atoms with Crippen molar-refractivity contribution in [1.82, 2.24) is 20.2 Å². The Kier molecular flexibility index (Phi) is 5.78. The van der Waals surface area contributed by atoms with E-state index in [1.54, 1.807) is 10.8 Å². The molecule has 0 saturated heterocycles. The zero-order valence-electron chi connectivity index (χ0n) is 13.7. The number of benzene rings is 1. The summed E-state index contributed by atoms with van der Waals surface area (Å²) in [5, 5.41) is 13.0. The van der Waals surface area contributed by atoms with E-state index in [2.05, 4.69) is 22.4 Å². The van der Waals surface area contributed by atoms with Crippen molar-refractivity contribution >= 4 is 45.1 Å². The molecule has 2 aromatic heterocycles. The Morgan fingerprint density at radius 1 is 1.40 bits per heavy atom. The van der Waals surface area contributed by atoms with E-state index < -0.39 is 5.97 Å². The van der Waals surface area contributed by atoms with Crippen LogP contribution in [0.3, 0.4) is 0 Å². The van der Waals surface area contributed by atoms with Gasteiger partial charge >= 0.3 is 5.97 Å². The minimum absolute atomic E-state index is 0.0417. The molecule has 0 atom stereocenters. The number of carbonyl (C=O) groups is 1. The summed E-state index contributed by atoms with van der Waals surface area (Å²) in [6, 6.07) is 7.85. The lowest BCUT2D eigenvalue weighted by atomic mass is 10.2. The number of esters is 1. The molecule has 0 fully saturated rings. The summed E-state index contributed by atoms with van der Waals surface area (Å²) in [7, 11) is 0. The van der Waals surface area contributed by atoms with Gasteiger partial charge in [-0.05, 0) is 29.0 Å². The molecule has 0 N–H and O–H groups in total. The number of fused-ring (bicyclic) bond motifs is 1. The van der Waals surface area contributed by atoms with Gasteiger partial charge in [-0.25, -0.2) is 9.48 Å². The third kappa shape index (κ3) is 4.24. The molecule has 0 aliphatic heterocycles. The standard InChI is InChI=1S/C17H17ClN4O2S/c1-2-3-10-22-15(19-20-21-22)11-24-16(23)9-8-14-17(18)12-6-4-5-7-13(12)25-14/h4-9H,2-3,10-11H2,1H3/b9-8+. The van der Waals surface area contributed by atoms with Crippen molar-refractivity contribution in [3.63, 3.8) is 0 Å². The number of tetrazole rings is 1. The highest BCUT2D eigenvalue weighted by atomic mass is 35.5. The van der Waals surface area contributed by atoms with E-state index in [9.17, 15) is 4.79 Å². The van der Waals surface area contributed by atoms with Crippen molar-refractivity contribution in [3.05, 3.63) is 46.1 Å². The van der Waals surface area contributed by atoms with Crippen LogP contribution in [0.5, 0.6) is 0 Å². The lowest BCUT2D eigenvalue weighted by Gasteiger charge is -2.03. The molecule has 6 nitrogen and oxygen atoms in total. The maximum absolute atomic E-state index is 11.9. The third-order valence-electron chi connectivity index (χ3n) is 3.60. The monoisotopic (exact) mass is 376 g/mol. The highest BCUT2D eigenvalue weighted by molar-refractivity contribution is 7.20. The third-order valence-corrected chi connectivity index (χ3v) is 5.26. The van der Waals surface area contributed by atoms with Gasteiger partial charge < -0.3 is 4.74 Å². The summed E-state index contributed by atoms with van der Waals surface area (Å²) in [5.41, 5.74) is 0. The number of aryl methyl sites for hydroxylation is 1. The van der Waals surface area contributed by atoms with Crippen LogP contribution < -0.4 is 0 Å². The number of carbonyl (C=O) groups excluding carboxylic acids is 1. The van der Waals surface area contributed by atoms with Crippen molar-refractivity contribution in [2.75, 3.05) is 0 Å². The van der Waals surface area contributed by atoms with E-state index in [1.807, 2.05) is 24.3 Å². The van der Waals surface area contributed by atoms with Crippen LogP contribution in [0, 0.1) is 0 Å². The van der Waals surface area contributed by atoms with Crippen LogP contribution in [0.4, 0.5) is 0 Å². The summed E-state index contributed by atoms with van der Waals surface area (Å²) in [5.74, 6) is 0.0775. The molecule has 0 aliphatic carbocycles. The Labute approximate surface area is 154 Å². The molecule has 3 rings (SSSR count). The molecule has 1 aromatic carbocycles. The molecule has 0 spiro atoms. The first-order valence-corrected chi connectivity index (χ1v) is 9.15. The first-order chi connectivity index (χ1) is 12.2. The minimum Gasteiger partial charge on any atom is -0.454 e. The number of aromatic nitrogens is 4. The number of halogens is 1. The first kappa shape index (κ1) is 17.6. The predicted octanol–water partition coefficient (Wildman–Crippen LogP) is 4.10. The molecule has 2 heterocycles. The normalized spacial score (nSPS) is 11.4. The van der Waals surface area contributed by atoms with Gasteiger partial charge in [0, 0.05) is 27.6 Å². The van der Waals surface area contributed by atoms with E-state index in [0.29, 0.717) is 17.4 Å². The number of hydrogen-bond acceptors (Lipinski definition) is 6. The molecule has 8 heteroatoms. The van der Waals surface area contributed by atoms with E-state index in [0.717, 1.165) is 27.8 Å². The van der Waals surface area contributed by atoms with Crippen LogP contribution in [0.1, 0.15) is 30.5 Å². The Balaban J connectivity index is 1.61. The number of hydrogen-bond donors (Lipinski definition) is 0. The van der Waals surface area contributed by atoms with Crippen molar-refractivity contribution in [3.8, 4) is 0 Å². The topological polar surface area (TPSA) is 69.9 Å². The van der Waals surface area contributed by atoms with Crippen molar-refractivity contribution in [2.24, 2.45) is 0 Å². The quantitative estimate of drug-likeness (QED) is 0.458. The zero-order valence-corrected chi connectivity index (χ0v) is 15.3. The summed E-state index contributed by atoms with van der Waals surface area (Å²) >= 11 is 7.88. The van der Waals surface area contributed by atoms with E-state index in [4.69, 9.17) is 16.3 Å². The van der Waals surface area contributed by atoms with Crippen molar-refractivity contribution in [2.45, 2.75) is 32.9 Å². The number of thiophene rings is 1. The van der Waals surface area contributed by atoms with Crippen LogP contribution in [0.2, 0.25) is 5.02 Å². The second-order valence-electron chi connectivity index (χ2n) is 5.39. The smallest absolute Gasteiger partial charge is 0.331 e. The average Bonchev–Trinajstić information content (AvgIpc) is 3.21. The van der Waals surface area contributed by atoms with Gasteiger partial charge in [0.15, 0.2) is 12.4 Å². The van der Waals surface area contributed by atoms with E-state index >= 15 is 0 Å². The fourth-order valence-corrected chi connectivity index (χ4v) is 3.67. The zero-order chi connectivity index (χ0) is 17.6. The Morgan fingerprint density at radius 3 is 3.04 bits per heavy atom. The maximum atomic E-state index is 11.9. The molecule has 0 unspecified atom stereocenters. The number of unbranched alkanes of at least 4 members (excludes halogenated alkanes) is 1. The van der Waals surface area contributed by atoms with E-state index in [-0.39, 0.29) is 6.61 Å². The van der Waals surface area contributed by atoms with Crippen LogP contribution in [-0.4, -0.2) is 26.2 Å². The van der Waals surface area contributed by atoms with Crippen LogP contribution >= 0.6 is 22.9 Å². The van der Waals surface area contributed by atoms with Gasteiger partial charge in [0.25, 0.3) is 0 Å². The van der Waals surface area contributed by atoms with Crippen LogP contribution in [0.15, 0.2) is 30.3 Å². The Hall–Kier alpha value is -2.25.